The third kappa shape index (κ3) is 3.59. The van der Waals surface area contributed by atoms with Crippen molar-refractivity contribution in [1.82, 2.24) is 0 Å². The van der Waals surface area contributed by atoms with E-state index in [9.17, 15) is 10.1 Å². The number of nitrogens with zero attached hydrogens (tertiary/aromatic N) is 1. The Morgan fingerprint density at radius 3 is 2.54 bits per heavy atom. The highest BCUT2D eigenvalue weighted by Gasteiger charge is 2.36. The van der Waals surface area contributed by atoms with E-state index in [1.807, 2.05) is 19.9 Å². The highest BCUT2D eigenvalue weighted by atomic mass is 16.5. The number of benzene rings is 1. The lowest BCUT2D eigenvalue weighted by Gasteiger charge is -2.27. The van der Waals surface area contributed by atoms with Gasteiger partial charge in [0.2, 0.25) is 5.88 Å². The van der Waals surface area contributed by atoms with E-state index in [-0.39, 0.29) is 23.1 Å². The molecule has 0 unspecified atom stereocenters. The van der Waals surface area contributed by atoms with Gasteiger partial charge >= 0.3 is 5.97 Å². The molecular weight excluding hydrogens is 336 g/mol. The van der Waals surface area contributed by atoms with Crippen molar-refractivity contribution in [2.75, 3.05) is 14.2 Å². The van der Waals surface area contributed by atoms with Crippen LogP contribution in [0.5, 0.6) is 11.5 Å². The SMILES string of the molecule is COC(=O)C1=C(C)OC(N)=C(C#N)[C@H]1c1ccc(OC(C)C)c(OC)c1. The molecule has 7 nitrogen and oxygen atoms in total. The van der Waals surface area contributed by atoms with Crippen LogP contribution < -0.4 is 15.2 Å². The molecule has 1 aromatic rings. The Morgan fingerprint density at radius 2 is 2.00 bits per heavy atom. The van der Waals surface area contributed by atoms with Gasteiger partial charge in [-0.25, -0.2) is 4.79 Å². The number of carbonyl (C=O) groups is 1. The summed E-state index contributed by atoms with van der Waals surface area (Å²) in [7, 11) is 2.79. The van der Waals surface area contributed by atoms with E-state index in [1.54, 1.807) is 25.1 Å². The van der Waals surface area contributed by atoms with Crippen molar-refractivity contribution in [3.8, 4) is 17.6 Å². The summed E-state index contributed by atoms with van der Waals surface area (Å²) >= 11 is 0. The second-order valence-corrected chi connectivity index (χ2v) is 5.96. The molecular formula is C19H22N2O5. The van der Waals surface area contributed by atoms with Crippen LogP contribution >= 0.6 is 0 Å². The van der Waals surface area contributed by atoms with Crippen LogP contribution in [0.25, 0.3) is 0 Å². The lowest BCUT2D eigenvalue weighted by molar-refractivity contribution is -0.136. The molecule has 1 heterocycles. The number of allylic oxidation sites excluding steroid dienone is 2. The molecule has 1 aliphatic heterocycles. The van der Waals surface area contributed by atoms with Gasteiger partial charge in [0.25, 0.3) is 0 Å². The standard InChI is InChI=1S/C19H22N2O5/c1-10(2)25-14-7-6-12(8-15(14)23-4)17-13(9-20)18(21)26-11(3)16(17)19(22)24-5/h6-8,10,17H,21H2,1-5H3/t17-/m1/s1. The molecule has 26 heavy (non-hydrogen) atoms. The van der Waals surface area contributed by atoms with Crippen LogP contribution in [0.4, 0.5) is 0 Å². The smallest absolute Gasteiger partial charge is 0.338 e. The van der Waals surface area contributed by atoms with Gasteiger partial charge in [-0.1, -0.05) is 6.07 Å². The monoisotopic (exact) mass is 358 g/mol. The van der Waals surface area contributed by atoms with E-state index < -0.39 is 11.9 Å². The van der Waals surface area contributed by atoms with Crippen molar-refractivity contribution in [3.63, 3.8) is 0 Å². The molecule has 1 atom stereocenters. The van der Waals surface area contributed by atoms with Crippen LogP contribution in [0.15, 0.2) is 41.0 Å². The van der Waals surface area contributed by atoms with Gasteiger partial charge in [-0.2, -0.15) is 5.26 Å². The molecule has 0 amide bonds. The summed E-state index contributed by atoms with van der Waals surface area (Å²) in [4.78, 5) is 12.3. The Bertz CT molecular complexity index is 818. The number of esters is 1. The number of nitrogens with two attached hydrogens (primary N) is 1. The third-order valence-electron chi connectivity index (χ3n) is 3.89. The van der Waals surface area contributed by atoms with Gasteiger partial charge < -0.3 is 24.7 Å². The number of nitriles is 1. The Morgan fingerprint density at radius 1 is 1.31 bits per heavy atom. The zero-order chi connectivity index (χ0) is 19.4. The van der Waals surface area contributed by atoms with Crippen LogP contribution in [0, 0.1) is 11.3 Å². The topological polar surface area (TPSA) is 104 Å². The fourth-order valence-corrected chi connectivity index (χ4v) is 2.80. The van der Waals surface area contributed by atoms with Crippen LogP contribution in [0.3, 0.4) is 0 Å². The van der Waals surface area contributed by atoms with Crippen LogP contribution in [-0.2, 0) is 14.3 Å². The van der Waals surface area contributed by atoms with Gasteiger partial charge in [0, 0.05) is 0 Å². The van der Waals surface area contributed by atoms with Gasteiger partial charge in [-0.15, -0.1) is 0 Å². The lowest BCUT2D eigenvalue weighted by atomic mass is 9.83. The van der Waals surface area contributed by atoms with Gasteiger partial charge in [0.15, 0.2) is 11.5 Å². The molecule has 1 aromatic carbocycles. The van der Waals surface area contributed by atoms with E-state index in [0.29, 0.717) is 22.8 Å². The first kappa shape index (κ1) is 19.2. The molecule has 0 bridgehead atoms. The van der Waals surface area contributed by atoms with Gasteiger partial charge in [-0.3, -0.25) is 0 Å². The fraction of sp³-hybridized carbons (Fsp3) is 0.368. The maximum Gasteiger partial charge on any atom is 0.338 e. The summed E-state index contributed by atoms with van der Waals surface area (Å²) < 4.78 is 21.4. The van der Waals surface area contributed by atoms with Crippen molar-refractivity contribution in [2.24, 2.45) is 5.73 Å². The highest BCUT2D eigenvalue weighted by molar-refractivity contribution is 5.92. The zero-order valence-corrected chi connectivity index (χ0v) is 15.5. The predicted molar refractivity (Wildman–Crippen MR) is 94.1 cm³/mol. The first-order valence-corrected chi connectivity index (χ1v) is 8.05. The van der Waals surface area contributed by atoms with Crippen molar-refractivity contribution in [2.45, 2.75) is 32.8 Å². The number of methoxy groups -OCH3 is 2. The fourth-order valence-electron chi connectivity index (χ4n) is 2.80. The first-order chi connectivity index (χ1) is 12.3. The molecule has 138 valence electrons. The molecule has 7 heteroatoms. The van der Waals surface area contributed by atoms with E-state index in [4.69, 9.17) is 24.7 Å². The van der Waals surface area contributed by atoms with E-state index >= 15 is 0 Å². The average Bonchev–Trinajstić information content (AvgIpc) is 2.60. The number of carbonyl (C=O) groups excluding carboxylic acids is 1. The average molecular weight is 358 g/mol. The summed E-state index contributed by atoms with van der Waals surface area (Å²) in [5, 5.41) is 9.55. The largest absolute Gasteiger partial charge is 0.493 e. The Hall–Kier alpha value is -3.14. The first-order valence-electron chi connectivity index (χ1n) is 8.05. The van der Waals surface area contributed by atoms with E-state index in [1.165, 1.54) is 14.2 Å². The molecule has 0 fully saturated rings. The number of rotatable bonds is 5. The predicted octanol–water partition coefficient (Wildman–Crippen LogP) is 2.74. The van der Waals surface area contributed by atoms with Crippen molar-refractivity contribution >= 4 is 5.97 Å². The van der Waals surface area contributed by atoms with E-state index in [0.717, 1.165) is 0 Å². The minimum atomic E-state index is -0.719. The Balaban J connectivity index is 2.62. The maximum absolute atomic E-state index is 12.3. The summed E-state index contributed by atoms with van der Waals surface area (Å²) in [5.74, 6) is -0.00381. The maximum atomic E-state index is 12.3. The second-order valence-electron chi connectivity index (χ2n) is 5.96. The normalized spacial score (nSPS) is 16.9. The zero-order valence-electron chi connectivity index (χ0n) is 15.5. The molecule has 0 saturated carbocycles. The summed E-state index contributed by atoms with van der Waals surface area (Å²) in [6.07, 6.45) is -0.0317. The van der Waals surface area contributed by atoms with Crippen molar-refractivity contribution in [1.29, 1.82) is 5.26 Å². The van der Waals surface area contributed by atoms with Crippen LogP contribution in [0.1, 0.15) is 32.3 Å². The van der Waals surface area contributed by atoms with Crippen molar-refractivity contribution in [3.05, 3.63) is 46.6 Å². The molecule has 2 N–H and O–H groups in total. The molecule has 0 radical (unpaired) electrons. The van der Waals surface area contributed by atoms with Gasteiger partial charge in [0.05, 0.1) is 31.8 Å². The highest BCUT2D eigenvalue weighted by Crippen LogP contribution is 2.42. The van der Waals surface area contributed by atoms with Gasteiger partial charge in [0.1, 0.15) is 17.4 Å². The molecule has 1 aliphatic rings. The molecule has 2 rings (SSSR count). The number of ether oxygens (including phenoxy) is 4. The quantitative estimate of drug-likeness (QED) is 0.807. The molecule has 0 spiro atoms. The molecule has 0 saturated heterocycles. The molecule has 0 aliphatic carbocycles. The van der Waals surface area contributed by atoms with Gasteiger partial charge in [-0.05, 0) is 38.5 Å². The second kappa shape index (κ2) is 7.83. The summed E-state index contributed by atoms with van der Waals surface area (Å²) in [6.45, 7) is 5.42. The lowest BCUT2D eigenvalue weighted by Crippen LogP contribution is -2.25. The van der Waals surface area contributed by atoms with Crippen molar-refractivity contribution < 1.29 is 23.7 Å². The summed E-state index contributed by atoms with van der Waals surface area (Å²) in [6, 6.07) is 7.24. The minimum absolute atomic E-state index is 0.0317. The number of hydrogen-bond donors (Lipinski definition) is 1. The van der Waals surface area contributed by atoms with E-state index in [2.05, 4.69) is 0 Å². The third-order valence-corrected chi connectivity index (χ3v) is 3.89. The van der Waals surface area contributed by atoms with Crippen LogP contribution in [-0.4, -0.2) is 26.3 Å². The molecule has 0 aromatic heterocycles. The van der Waals surface area contributed by atoms with Crippen LogP contribution in [0.2, 0.25) is 0 Å². The summed E-state index contributed by atoms with van der Waals surface area (Å²) in [5.41, 5.74) is 6.86. The number of hydrogen-bond acceptors (Lipinski definition) is 7. The Kier molecular flexibility index (Phi) is 5.78. The minimum Gasteiger partial charge on any atom is -0.493 e. The Labute approximate surface area is 152 Å².